The fraction of sp³-hybridized carbons (Fsp3) is 0.556. The fourth-order valence-electron chi connectivity index (χ4n) is 2.53. The summed E-state index contributed by atoms with van der Waals surface area (Å²) in [5, 5.41) is 10.8. The summed E-state index contributed by atoms with van der Waals surface area (Å²) < 4.78 is 0. The minimum atomic E-state index is -0.0879. The van der Waals surface area contributed by atoms with E-state index in [4.69, 9.17) is 0 Å². The highest BCUT2D eigenvalue weighted by molar-refractivity contribution is 5.67. The smallest absolute Gasteiger partial charge is 0.143 e. The number of phenols is 1. The molecule has 0 bridgehead atoms. The van der Waals surface area contributed by atoms with Crippen LogP contribution in [0.4, 0.5) is 5.69 Å². The third-order valence-electron chi connectivity index (χ3n) is 3.95. The molecule has 0 spiro atoms. The normalized spacial score (nSPS) is 16.0. The van der Waals surface area contributed by atoms with Crippen molar-refractivity contribution in [2.24, 2.45) is 0 Å². The Balaban J connectivity index is 2.61. The molecule has 3 nitrogen and oxygen atoms in total. The number of anilines is 1. The largest absolute Gasteiger partial charge is 0.505 e. The van der Waals surface area contributed by atoms with Gasteiger partial charge >= 0.3 is 0 Å². The van der Waals surface area contributed by atoms with Crippen molar-refractivity contribution in [3.05, 3.63) is 35.7 Å². The van der Waals surface area contributed by atoms with E-state index >= 15 is 0 Å². The van der Waals surface area contributed by atoms with Crippen molar-refractivity contribution in [1.29, 1.82) is 0 Å². The molecule has 0 saturated carbocycles. The Morgan fingerprint density at radius 1 is 0.952 bits per heavy atom. The van der Waals surface area contributed by atoms with Gasteiger partial charge in [-0.3, -0.25) is 0 Å². The minimum absolute atomic E-state index is 0.0534. The molecule has 0 fully saturated rings. The van der Waals surface area contributed by atoms with Crippen molar-refractivity contribution in [3.63, 3.8) is 0 Å². The Kier molecular flexibility index (Phi) is 3.73. The number of nitrogens with zero attached hydrogens (tertiary/aromatic N) is 2. The van der Waals surface area contributed by atoms with Gasteiger partial charge in [0.1, 0.15) is 5.75 Å². The first-order valence-electron chi connectivity index (χ1n) is 7.53. The van der Waals surface area contributed by atoms with Gasteiger partial charge in [-0.1, -0.05) is 47.6 Å². The maximum absolute atomic E-state index is 10.8. The van der Waals surface area contributed by atoms with E-state index in [1.807, 2.05) is 19.4 Å². The van der Waals surface area contributed by atoms with Crippen molar-refractivity contribution >= 4 is 5.69 Å². The van der Waals surface area contributed by atoms with Crippen molar-refractivity contribution in [2.45, 2.75) is 52.4 Å². The average molecular weight is 288 g/mol. The molecule has 1 aliphatic rings. The molecule has 0 radical (unpaired) electrons. The Morgan fingerprint density at radius 3 is 2.00 bits per heavy atom. The van der Waals surface area contributed by atoms with Crippen LogP contribution in [0.1, 0.15) is 52.7 Å². The molecule has 2 rings (SSSR count). The summed E-state index contributed by atoms with van der Waals surface area (Å²) in [5.74, 6) is 0.399. The SMILES string of the molecule is CN1C=CN(c2cc(C(C)(C)C)cc(C(C)(C)C)c2O)C1. The molecular formula is C18H28N2O. The third-order valence-corrected chi connectivity index (χ3v) is 3.95. The van der Waals surface area contributed by atoms with E-state index in [1.54, 1.807) is 0 Å². The van der Waals surface area contributed by atoms with E-state index in [-0.39, 0.29) is 10.8 Å². The molecule has 3 heteroatoms. The third kappa shape index (κ3) is 3.17. The van der Waals surface area contributed by atoms with Crippen LogP contribution in [0.25, 0.3) is 0 Å². The van der Waals surface area contributed by atoms with E-state index in [0.717, 1.165) is 17.9 Å². The number of aromatic hydroxyl groups is 1. The van der Waals surface area contributed by atoms with Crippen LogP contribution in [-0.4, -0.2) is 23.7 Å². The van der Waals surface area contributed by atoms with Gasteiger partial charge in [0.25, 0.3) is 0 Å². The molecule has 21 heavy (non-hydrogen) atoms. The standard InChI is InChI=1S/C18H28N2O/c1-17(2,3)13-10-14(18(4,5)6)16(21)15(11-13)20-9-8-19(7)12-20/h8-11,21H,12H2,1-7H3. The van der Waals surface area contributed by atoms with E-state index in [2.05, 4.69) is 63.5 Å². The lowest BCUT2D eigenvalue weighted by Gasteiger charge is -2.30. The number of hydrogen-bond donors (Lipinski definition) is 1. The Bertz CT molecular complexity index is 562. The minimum Gasteiger partial charge on any atom is -0.505 e. The van der Waals surface area contributed by atoms with Gasteiger partial charge in [0.2, 0.25) is 0 Å². The molecule has 1 N–H and O–H groups in total. The van der Waals surface area contributed by atoms with Gasteiger partial charge in [-0.25, -0.2) is 0 Å². The van der Waals surface area contributed by atoms with Gasteiger partial charge in [0.05, 0.1) is 12.4 Å². The molecule has 0 saturated heterocycles. The summed E-state index contributed by atoms with van der Waals surface area (Å²) in [4.78, 5) is 4.19. The van der Waals surface area contributed by atoms with Crippen LogP contribution >= 0.6 is 0 Å². The van der Waals surface area contributed by atoms with Gasteiger partial charge in [-0.15, -0.1) is 0 Å². The van der Waals surface area contributed by atoms with E-state index in [0.29, 0.717) is 5.75 Å². The Labute approximate surface area is 128 Å². The Hall–Kier alpha value is -1.64. The van der Waals surface area contributed by atoms with Gasteiger partial charge in [0.15, 0.2) is 0 Å². The van der Waals surface area contributed by atoms with Crippen LogP contribution in [0.5, 0.6) is 5.75 Å². The fourth-order valence-corrected chi connectivity index (χ4v) is 2.53. The van der Waals surface area contributed by atoms with Gasteiger partial charge in [-0.2, -0.15) is 0 Å². The summed E-state index contributed by atoms with van der Waals surface area (Å²) >= 11 is 0. The number of benzene rings is 1. The highest BCUT2D eigenvalue weighted by atomic mass is 16.3. The zero-order valence-corrected chi connectivity index (χ0v) is 14.4. The quantitative estimate of drug-likeness (QED) is 0.840. The van der Waals surface area contributed by atoms with Gasteiger partial charge in [0, 0.05) is 25.0 Å². The highest BCUT2D eigenvalue weighted by Gasteiger charge is 2.27. The first kappa shape index (κ1) is 15.7. The maximum Gasteiger partial charge on any atom is 0.143 e. The molecular weight excluding hydrogens is 260 g/mol. The zero-order chi connectivity index (χ0) is 16.0. The van der Waals surface area contributed by atoms with Gasteiger partial charge in [-0.05, 0) is 22.5 Å². The van der Waals surface area contributed by atoms with Crippen molar-refractivity contribution < 1.29 is 5.11 Å². The van der Waals surface area contributed by atoms with E-state index in [9.17, 15) is 5.11 Å². The van der Waals surface area contributed by atoms with Crippen LogP contribution in [0.15, 0.2) is 24.5 Å². The molecule has 1 aromatic rings. The topological polar surface area (TPSA) is 26.7 Å². The predicted molar refractivity (Wildman–Crippen MR) is 89.8 cm³/mol. The van der Waals surface area contributed by atoms with Crippen LogP contribution in [-0.2, 0) is 10.8 Å². The molecule has 0 atom stereocenters. The molecule has 1 aromatic carbocycles. The molecule has 1 aliphatic heterocycles. The molecule has 0 aliphatic carbocycles. The van der Waals surface area contributed by atoms with E-state index < -0.39 is 0 Å². The number of phenolic OH excluding ortho intramolecular Hbond substituents is 1. The van der Waals surface area contributed by atoms with Crippen LogP contribution in [0.3, 0.4) is 0 Å². The van der Waals surface area contributed by atoms with Crippen molar-refractivity contribution in [1.82, 2.24) is 4.90 Å². The summed E-state index contributed by atoms with van der Waals surface area (Å²) in [5.41, 5.74) is 3.12. The second kappa shape index (κ2) is 4.97. The molecule has 0 amide bonds. The van der Waals surface area contributed by atoms with Crippen molar-refractivity contribution in [2.75, 3.05) is 18.6 Å². The average Bonchev–Trinajstić information content (AvgIpc) is 2.72. The summed E-state index contributed by atoms with van der Waals surface area (Å²) in [7, 11) is 2.03. The zero-order valence-electron chi connectivity index (χ0n) is 14.4. The molecule has 1 heterocycles. The second-order valence-electron chi connectivity index (χ2n) is 8.06. The number of hydrogen-bond acceptors (Lipinski definition) is 3. The lowest BCUT2D eigenvalue weighted by molar-refractivity contribution is 0.441. The summed E-state index contributed by atoms with van der Waals surface area (Å²) in [6.07, 6.45) is 4.05. The number of rotatable bonds is 1. The van der Waals surface area contributed by atoms with Crippen molar-refractivity contribution in [3.8, 4) is 5.75 Å². The summed E-state index contributed by atoms with van der Waals surface area (Å²) in [6.45, 7) is 13.8. The van der Waals surface area contributed by atoms with Crippen LogP contribution < -0.4 is 4.90 Å². The van der Waals surface area contributed by atoms with E-state index in [1.165, 1.54) is 5.56 Å². The monoisotopic (exact) mass is 288 g/mol. The Morgan fingerprint density at radius 2 is 1.57 bits per heavy atom. The van der Waals surface area contributed by atoms with Crippen LogP contribution in [0, 0.1) is 0 Å². The second-order valence-corrected chi connectivity index (χ2v) is 8.06. The lowest BCUT2D eigenvalue weighted by Crippen LogP contribution is -2.24. The highest BCUT2D eigenvalue weighted by Crippen LogP contribution is 2.42. The maximum atomic E-state index is 10.8. The summed E-state index contributed by atoms with van der Waals surface area (Å²) in [6, 6.07) is 4.27. The first-order chi connectivity index (χ1) is 9.50. The lowest BCUT2D eigenvalue weighted by atomic mass is 9.79. The van der Waals surface area contributed by atoms with Gasteiger partial charge < -0.3 is 14.9 Å². The first-order valence-corrected chi connectivity index (χ1v) is 7.53. The predicted octanol–water partition coefficient (Wildman–Crippen LogP) is 4.17. The molecule has 0 unspecified atom stereocenters. The van der Waals surface area contributed by atoms with Crippen LogP contribution in [0.2, 0.25) is 0 Å². The molecule has 116 valence electrons. The molecule has 0 aromatic heterocycles.